The Balaban J connectivity index is 1.66. The Kier molecular flexibility index (Phi) is 6.11. The van der Waals surface area contributed by atoms with Crippen LogP contribution in [0, 0.1) is 22.3 Å². The molecule has 4 aromatic rings. The van der Waals surface area contributed by atoms with Gasteiger partial charge in [0.25, 0.3) is 0 Å². The molecular weight excluding hydrogens is 415 g/mol. The molecule has 0 heterocycles. The van der Waals surface area contributed by atoms with Gasteiger partial charge in [0, 0.05) is 11.1 Å². The van der Waals surface area contributed by atoms with Gasteiger partial charge >= 0.3 is 0 Å². The van der Waals surface area contributed by atoms with Crippen LogP contribution in [0.1, 0.15) is 5.56 Å². The molecule has 152 valence electrons. The van der Waals surface area contributed by atoms with Gasteiger partial charge < -0.3 is 0 Å². The first-order valence-electron chi connectivity index (χ1n) is 9.51. The predicted octanol–water partition coefficient (Wildman–Crippen LogP) is 8.01. The van der Waals surface area contributed by atoms with Crippen LogP contribution in [0.15, 0.2) is 89.8 Å². The van der Waals surface area contributed by atoms with Crippen molar-refractivity contribution in [2.24, 2.45) is 0 Å². The van der Waals surface area contributed by atoms with Crippen LogP contribution in [0.4, 0.5) is 13.2 Å². The number of benzene rings is 4. The quantitative estimate of drug-likeness (QED) is 0.236. The van der Waals surface area contributed by atoms with Crippen molar-refractivity contribution in [1.29, 1.82) is 5.26 Å². The SMILES string of the molecule is N#CSc1c(F)cc(-c2ccc(-c3ccc(-c4ccccc4)cc3)cc2F)cc1CF. The number of hydrogen-bond acceptors (Lipinski definition) is 2. The molecule has 0 saturated heterocycles. The van der Waals surface area contributed by atoms with E-state index in [-0.39, 0.29) is 21.6 Å². The topological polar surface area (TPSA) is 23.8 Å². The molecule has 4 aromatic carbocycles. The number of thioether (sulfide) groups is 1. The largest absolute Gasteiger partial charge is 0.246 e. The number of nitrogens with zero attached hydrogens (tertiary/aromatic N) is 1. The van der Waals surface area contributed by atoms with Crippen LogP contribution in [-0.2, 0) is 6.67 Å². The van der Waals surface area contributed by atoms with E-state index in [1.54, 1.807) is 17.5 Å². The van der Waals surface area contributed by atoms with Gasteiger partial charge in [0.2, 0.25) is 0 Å². The number of halogens is 3. The summed E-state index contributed by atoms with van der Waals surface area (Å²) in [5.74, 6) is -1.27. The fourth-order valence-electron chi connectivity index (χ4n) is 3.48. The van der Waals surface area contributed by atoms with Crippen LogP contribution >= 0.6 is 11.8 Å². The van der Waals surface area contributed by atoms with Crippen molar-refractivity contribution in [2.45, 2.75) is 11.6 Å². The highest BCUT2D eigenvalue weighted by molar-refractivity contribution is 8.03. The molecular formula is C26H16F3NS. The summed E-state index contributed by atoms with van der Waals surface area (Å²) < 4.78 is 42.6. The van der Waals surface area contributed by atoms with E-state index in [0.717, 1.165) is 22.8 Å². The summed E-state index contributed by atoms with van der Waals surface area (Å²) in [4.78, 5) is -0.0655. The zero-order chi connectivity index (χ0) is 21.8. The molecule has 0 N–H and O–H groups in total. The average Bonchev–Trinajstić information content (AvgIpc) is 2.81. The Bertz CT molecular complexity index is 1260. The van der Waals surface area contributed by atoms with Gasteiger partial charge in [0.05, 0.1) is 4.90 Å². The van der Waals surface area contributed by atoms with Crippen molar-refractivity contribution < 1.29 is 13.2 Å². The normalized spacial score (nSPS) is 10.6. The summed E-state index contributed by atoms with van der Waals surface area (Å²) in [6, 6.07) is 25.0. The van der Waals surface area contributed by atoms with E-state index in [1.165, 1.54) is 12.1 Å². The van der Waals surface area contributed by atoms with Gasteiger partial charge in [0.15, 0.2) is 0 Å². The Morgan fingerprint density at radius 3 is 1.87 bits per heavy atom. The second-order valence-corrected chi connectivity index (χ2v) is 7.71. The molecule has 0 spiro atoms. The van der Waals surface area contributed by atoms with Crippen LogP contribution in [-0.4, -0.2) is 0 Å². The van der Waals surface area contributed by atoms with E-state index in [2.05, 4.69) is 0 Å². The molecule has 5 heteroatoms. The number of nitriles is 1. The maximum atomic E-state index is 14.9. The van der Waals surface area contributed by atoms with E-state index < -0.39 is 18.3 Å². The smallest absolute Gasteiger partial charge is 0.138 e. The zero-order valence-corrected chi connectivity index (χ0v) is 17.1. The van der Waals surface area contributed by atoms with Gasteiger partial charge in [-0.1, -0.05) is 66.7 Å². The highest BCUT2D eigenvalue weighted by atomic mass is 32.2. The fraction of sp³-hybridized carbons (Fsp3) is 0.0385. The molecule has 0 amide bonds. The van der Waals surface area contributed by atoms with Crippen molar-refractivity contribution in [1.82, 2.24) is 0 Å². The van der Waals surface area contributed by atoms with Gasteiger partial charge in [-0.05, 0) is 57.8 Å². The Labute approximate surface area is 182 Å². The minimum Gasteiger partial charge on any atom is -0.246 e. The lowest BCUT2D eigenvalue weighted by molar-refractivity contribution is 0.473. The molecule has 0 aromatic heterocycles. The van der Waals surface area contributed by atoms with Crippen molar-refractivity contribution in [2.75, 3.05) is 0 Å². The number of alkyl halides is 1. The molecule has 31 heavy (non-hydrogen) atoms. The molecule has 0 fully saturated rings. The zero-order valence-electron chi connectivity index (χ0n) is 16.3. The third-order valence-electron chi connectivity index (χ3n) is 5.02. The lowest BCUT2D eigenvalue weighted by Gasteiger charge is -2.11. The van der Waals surface area contributed by atoms with Crippen LogP contribution < -0.4 is 0 Å². The number of hydrogen-bond donors (Lipinski definition) is 0. The average molecular weight is 431 g/mol. The summed E-state index contributed by atoms with van der Waals surface area (Å²) in [6.45, 7) is -0.942. The molecule has 4 rings (SSSR count). The van der Waals surface area contributed by atoms with Crippen molar-refractivity contribution in [3.63, 3.8) is 0 Å². The standard InChI is InChI=1S/C26H16F3NS/c27-15-22-12-21(14-25(29)26(22)31-16-30)23-11-10-20(13-24(23)28)19-8-6-18(7-9-19)17-4-2-1-3-5-17/h1-14H,15H2. The highest BCUT2D eigenvalue weighted by Crippen LogP contribution is 2.34. The van der Waals surface area contributed by atoms with Gasteiger partial charge in [0.1, 0.15) is 23.7 Å². The molecule has 0 saturated carbocycles. The summed E-state index contributed by atoms with van der Waals surface area (Å²) in [5.41, 5.74) is 4.12. The van der Waals surface area contributed by atoms with Crippen molar-refractivity contribution in [3.8, 4) is 38.8 Å². The first-order valence-corrected chi connectivity index (χ1v) is 10.3. The van der Waals surface area contributed by atoms with E-state index in [1.807, 2.05) is 54.6 Å². The molecule has 0 aliphatic carbocycles. The number of rotatable bonds is 5. The maximum absolute atomic E-state index is 14.9. The first-order chi connectivity index (χ1) is 15.1. The van der Waals surface area contributed by atoms with Gasteiger partial charge in [-0.25, -0.2) is 13.2 Å². The molecule has 1 nitrogen and oxygen atoms in total. The molecule has 0 bridgehead atoms. The van der Waals surface area contributed by atoms with E-state index in [0.29, 0.717) is 17.3 Å². The van der Waals surface area contributed by atoms with E-state index in [4.69, 9.17) is 5.26 Å². The third-order valence-corrected chi connectivity index (χ3v) is 5.77. The molecule has 0 aliphatic heterocycles. The Hall–Kier alpha value is -3.49. The second-order valence-electron chi connectivity index (χ2n) is 6.91. The third kappa shape index (κ3) is 4.35. The predicted molar refractivity (Wildman–Crippen MR) is 119 cm³/mol. The summed E-state index contributed by atoms with van der Waals surface area (Å²) in [5, 5.41) is 10.5. The van der Waals surface area contributed by atoms with Crippen LogP contribution in [0.2, 0.25) is 0 Å². The molecule has 0 aliphatic rings. The van der Waals surface area contributed by atoms with Crippen LogP contribution in [0.3, 0.4) is 0 Å². The van der Waals surface area contributed by atoms with E-state index in [9.17, 15) is 13.2 Å². The number of thiocyanates is 1. The first kappa shape index (κ1) is 20.8. The minimum atomic E-state index is -0.942. The van der Waals surface area contributed by atoms with Crippen molar-refractivity contribution in [3.05, 3.63) is 102 Å². The lowest BCUT2D eigenvalue weighted by Crippen LogP contribution is -1.94. The Morgan fingerprint density at radius 1 is 0.677 bits per heavy atom. The lowest BCUT2D eigenvalue weighted by atomic mass is 9.97. The minimum absolute atomic E-state index is 0.0292. The summed E-state index contributed by atoms with van der Waals surface area (Å²) in [6.07, 6.45) is 0. The monoisotopic (exact) mass is 431 g/mol. The van der Waals surface area contributed by atoms with Crippen molar-refractivity contribution >= 4 is 11.8 Å². The van der Waals surface area contributed by atoms with Gasteiger partial charge in [-0.2, -0.15) is 5.26 Å². The highest BCUT2D eigenvalue weighted by Gasteiger charge is 2.15. The Morgan fingerprint density at radius 2 is 1.26 bits per heavy atom. The van der Waals surface area contributed by atoms with Crippen LogP contribution in [0.25, 0.3) is 33.4 Å². The summed E-state index contributed by atoms with van der Waals surface area (Å²) in [7, 11) is 0. The molecule has 0 radical (unpaired) electrons. The molecule has 0 atom stereocenters. The molecule has 0 unspecified atom stereocenters. The van der Waals surface area contributed by atoms with Gasteiger partial charge in [-0.3, -0.25) is 0 Å². The van der Waals surface area contributed by atoms with Gasteiger partial charge in [-0.15, -0.1) is 0 Å². The fourth-order valence-corrected chi connectivity index (χ4v) is 3.97. The van der Waals surface area contributed by atoms with E-state index >= 15 is 0 Å². The van der Waals surface area contributed by atoms with Crippen LogP contribution in [0.5, 0.6) is 0 Å². The second kappa shape index (κ2) is 9.11. The summed E-state index contributed by atoms with van der Waals surface area (Å²) >= 11 is 0.557. The maximum Gasteiger partial charge on any atom is 0.138 e.